The Labute approximate surface area is 85.5 Å². The third-order valence-corrected chi connectivity index (χ3v) is 2.27. The van der Waals surface area contributed by atoms with Crippen molar-refractivity contribution < 1.29 is 4.42 Å². The molecule has 14 heavy (non-hydrogen) atoms. The third kappa shape index (κ3) is 1.60. The Morgan fingerprint density at radius 3 is 2.57 bits per heavy atom. The molecule has 0 atom stereocenters. The van der Waals surface area contributed by atoms with Crippen molar-refractivity contribution >= 4 is 12.2 Å². The predicted octanol–water partition coefficient (Wildman–Crippen LogP) is 1.66. The zero-order chi connectivity index (χ0) is 10.1. The highest BCUT2D eigenvalue weighted by atomic mass is 32.1. The lowest BCUT2D eigenvalue weighted by Crippen LogP contribution is -1.91. The fraction of sp³-hybridized carbons (Fsp3) is 0.375. The van der Waals surface area contributed by atoms with Gasteiger partial charge in [0.2, 0.25) is 5.89 Å². The van der Waals surface area contributed by atoms with Crippen molar-refractivity contribution in [2.24, 2.45) is 0 Å². The second-order valence-corrected chi connectivity index (χ2v) is 3.47. The highest BCUT2D eigenvalue weighted by molar-refractivity contribution is 7.71. The fourth-order valence-corrected chi connectivity index (χ4v) is 1.46. The van der Waals surface area contributed by atoms with Crippen molar-refractivity contribution in [2.75, 3.05) is 0 Å². The predicted molar refractivity (Wildman–Crippen MR) is 52.6 cm³/mol. The number of H-pyrrole nitrogens is 2. The van der Waals surface area contributed by atoms with Crippen molar-refractivity contribution in [2.45, 2.75) is 20.3 Å². The van der Waals surface area contributed by atoms with E-state index in [1.54, 1.807) is 0 Å². The van der Waals surface area contributed by atoms with Gasteiger partial charge >= 0.3 is 0 Å². The van der Waals surface area contributed by atoms with E-state index >= 15 is 0 Å². The van der Waals surface area contributed by atoms with Gasteiger partial charge in [-0.25, -0.2) is 5.10 Å². The molecule has 74 valence electrons. The summed E-state index contributed by atoms with van der Waals surface area (Å²) in [6.07, 6.45) is 0.612. The molecule has 5 nitrogen and oxygen atoms in total. The highest BCUT2D eigenvalue weighted by Crippen LogP contribution is 2.13. The van der Waals surface area contributed by atoms with Gasteiger partial charge in [-0.2, -0.15) is 5.10 Å². The van der Waals surface area contributed by atoms with E-state index in [9.17, 15) is 0 Å². The Morgan fingerprint density at radius 2 is 2.07 bits per heavy atom. The SMILES string of the molecule is Cc1n[nH]c(C)c1Cc1n[nH]c(=S)o1. The average Bonchev–Trinajstić information content (AvgIpc) is 2.67. The zero-order valence-corrected chi connectivity index (χ0v) is 8.73. The number of aromatic amines is 2. The molecule has 0 aliphatic carbocycles. The molecular formula is C8H10N4OS. The molecule has 0 saturated carbocycles. The lowest BCUT2D eigenvalue weighted by atomic mass is 10.1. The maximum absolute atomic E-state index is 5.17. The van der Waals surface area contributed by atoms with Crippen LogP contribution in [-0.2, 0) is 6.42 Å². The number of hydrogen-bond acceptors (Lipinski definition) is 4. The van der Waals surface area contributed by atoms with Gasteiger partial charge in [0.1, 0.15) is 0 Å². The summed E-state index contributed by atoms with van der Waals surface area (Å²) < 4.78 is 5.17. The number of rotatable bonds is 2. The van der Waals surface area contributed by atoms with Crippen LogP contribution in [0.1, 0.15) is 22.8 Å². The summed E-state index contributed by atoms with van der Waals surface area (Å²) in [4.78, 5) is 0.304. The lowest BCUT2D eigenvalue weighted by molar-refractivity contribution is 0.491. The van der Waals surface area contributed by atoms with Gasteiger partial charge in [-0.1, -0.05) is 0 Å². The molecule has 2 aromatic rings. The number of hydrogen-bond donors (Lipinski definition) is 2. The molecule has 0 saturated heterocycles. The van der Waals surface area contributed by atoms with Crippen LogP contribution in [0.5, 0.6) is 0 Å². The summed E-state index contributed by atoms with van der Waals surface area (Å²) in [5.41, 5.74) is 3.11. The van der Waals surface area contributed by atoms with Crippen molar-refractivity contribution in [3.05, 3.63) is 27.7 Å². The van der Waals surface area contributed by atoms with E-state index in [2.05, 4.69) is 20.4 Å². The Morgan fingerprint density at radius 1 is 1.29 bits per heavy atom. The largest absolute Gasteiger partial charge is 0.414 e. The van der Waals surface area contributed by atoms with Crippen molar-refractivity contribution in [1.82, 2.24) is 20.4 Å². The second-order valence-electron chi connectivity index (χ2n) is 3.10. The molecule has 2 N–H and O–H groups in total. The van der Waals surface area contributed by atoms with Gasteiger partial charge in [0.15, 0.2) is 0 Å². The number of aryl methyl sites for hydroxylation is 2. The topological polar surface area (TPSA) is 70.5 Å². The van der Waals surface area contributed by atoms with Crippen molar-refractivity contribution in [1.29, 1.82) is 0 Å². The second kappa shape index (κ2) is 3.38. The van der Waals surface area contributed by atoms with E-state index in [0.717, 1.165) is 17.0 Å². The first-order chi connectivity index (χ1) is 6.66. The van der Waals surface area contributed by atoms with Crippen LogP contribution < -0.4 is 0 Å². The first kappa shape index (κ1) is 9.14. The molecule has 0 radical (unpaired) electrons. The molecule has 0 bridgehead atoms. The van der Waals surface area contributed by atoms with Gasteiger partial charge in [-0.3, -0.25) is 5.10 Å². The summed E-state index contributed by atoms with van der Waals surface area (Å²) in [7, 11) is 0. The van der Waals surface area contributed by atoms with E-state index in [4.69, 9.17) is 16.6 Å². The minimum absolute atomic E-state index is 0.304. The molecule has 0 spiro atoms. The Balaban J connectivity index is 2.31. The molecule has 2 heterocycles. The molecule has 0 aliphatic rings. The van der Waals surface area contributed by atoms with Gasteiger partial charge < -0.3 is 4.42 Å². The standard InChI is InChI=1S/C8H10N4OS/c1-4-6(5(2)10-9-4)3-7-11-12-8(14)13-7/h3H2,1-2H3,(H,9,10)(H,12,14). The Kier molecular flexibility index (Phi) is 2.20. The van der Waals surface area contributed by atoms with Crippen molar-refractivity contribution in [3.8, 4) is 0 Å². The summed E-state index contributed by atoms with van der Waals surface area (Å²) in [6, 6.07) is 0. The maximum Gasteiger partial charge on any atom is 0.284 e. The molecule has 6 heteroatoms. The summed E-state index contributed by atoms with van der Waals surface area (Å²) in [5, 5.41) is 13.5. The van der Waals surface area contributed by atoms with E-state index in [1.165, 1.54) is 0 Å². The maximum atomic E-state index is 5.17. The summed E-state index contributed by atoms with van der Waals surface area (Å²) in [5.74, 6) is 0.586. The molecule has 0 aromatic carbocycles. The smallest absolute Gasteiger partial charge is 0.284 e. The average molecular weight is 210 g/mol. The van der Waals surface area contributed by atoms with Gasteiger partial charge in [0, 0.05) is 11.3 Å². The number of aromatic nitrogens is 4. The molecule has 0 fully saturated rings. The van der Waals surface area contributed by atoms with Crippen LogP contribution in [0.15, 0.2) is 4.42 Å². The Hall–Kier alpha value is -1.43. The minimum Gasteiger partial charge on any atom is -0.414 e. The number of nitrogens with zero attached hydrogens (tertiary/aromatic N) is 2. The van der Waals surface area contributed by atoms with Gasteiger partial charge in [-0.15, -0.1) is 5.10 Å². The van der Waals surface area contributed by atoms with Crippen LogP contribution in [0.25, 0.3) is 0 Å². The molecule has 0 amide bonds. The quantitative estimate of drug-likeness (QED) is 0.739. The van der Waals surface area contributed by atoms with Crippen LogP contribution in [0, 0.1) is 18.7 Å². The molecule has 2 aromatic heterocycles. The normalized spacial score (nSPS) is 10.7. The van der Waals surface area contributed by atoms with Gasteiger partial charge in [-0.05, 0) is 26.1 Å². The van der Waals surface area contributed by atoms with E-state index in [0.29, 0.717) is 17.1 Å². The zero-order valence-electron chi connectivity index (χ0n) is 7.92. The fourth-order valence-electron chi connectivity index (χ4n) is 1.32. The summed E-state index contributed by atoms with van der Waals surface area (Å²) in [6.45, 7) is 3.91. The summed E-state index contributed by atoms with van der Waals surface area (Å²) >= 11 is 4.79. The van der Waals surface area contributed by atoms with Crippen molar-refractivity contribution in [3.63, 3.8) is 0 Å². The molecule has 2 rings (SSSR count). The molecular weight excluding hydrogens is 200 g/mol. The van der Waals surface area contributed by atoms with E-state index in [-0.39, 0.29) is 0 Å². The molecule has 0 unspecified atom stereocenters. The third-order valence-electron chi connectivity index (χ3n) is 2.09. The number of nitrogens with one attached hydrogen (secondary N) is 2. The molecule has 0 aliphatic heterocycles. The van der Waals surface area contributed by atoms with Crippen LogP contribution in [-0.4, -0.2) is 20.4 Å². The van der Waals surface area contributed by atoms with Crippen LogP contribution in [0.3, 0.4) is 0 Å². The van der Waals surface area contributed by atoms with Gasteiger partial charge in [0.05, 0.1) is 12.1 Å². The lowest BCUT2D eigenvalue weighted by Gasteiger charge is -1.94. The first-order valence-electron chi connectivity index (χ1n) is 4.21. The van der Waals surface area contributed by atoms with Gasteiger partial charge in [0.25, 0.3) is 4.84 Å². The Bertz CT molecular complexity index is 476. The van der Waals surface area contributed by atoms with Crippen LogP contribution in [0.4, 0.5) is 0 Å². The minimum atomic E-state index is 0.304. The van der Waals surface area contributed by atoms with E-state index in [1.807, 2.05) is 13.8 Å². The highest BCUT2D eigenvalue weighted by Gasteiger charge is 2.09. The van der Waals surface area contributed by atoms with Crippen LogP contribution in [0.2, 0.25) is 0 Å². The van der Waals surface area contributed by atoms with Crippen LogP contribution >= 0.6 is 12.2 Å². The first-order valence-corrected chi connectivity index (χ1v) is 4.62. The van der Waals surface area contributed by atoms with E-state index < -0.39 is 0 Å². The monoisotopic (exact) mass is 210 g/mol.